The van der Waals surface area contributed by atoms with Gasteiger partial charge in [-0.3, -0.25) is 4.79 Å². The van der Waals surface area contributed by atoms with Crippen LogP contribution in [0.25, 0.3) is 0 Å². The van der Waals surface area contributed by atoms with E-state index in [1.807, 2.05) is 0 Å². The first kappa shape index (κ1) is 7.37. The minimum atomic E-state index is -0.840. The van der Waals surface area contributed by atoms with Crippen LogP contribution in [0.3, 0.4) is 0 Å². The van der Waals surface area contributed by atoms with E-state index in [-0.39, 0.29) is 5.78 Å². The van der Waals surface area contributed by atoms with Gasteiger partial charge in [-0.15, -0.1) is 6.58 Å². The number of carbonyl (C=O) groups is 1. The van der Waals surface area contributed by atoms with Crippen molar-refractivity contribution in [2.75, 3.05) is 0 Å². The summed E-state index contributed by atoms with van der Waals surface area (Å²) in [6, 6.07) is 0. The highest BCUT2D eigenvalue weighted by atomic mass is 16.3. The summed E-state index contributed by atoms with van der Waals surface area (Å²) in [4.78, 5) is 10.2. The molecule has 1 unspecified atom stereocenters. The van der Waals surface area contributed by atoms with Gasteiger partial charge >= 0.3 is 0 Å². The molecule has 2 nitrogen and oxygen atoms in total. The lowest BCUT2D eigenvalue weighted by Gasteiger charge is -1.98. The van der Waals surface area contributed by atoms with Crippen molar-refractivity contribution in [3.8, 4) is 0 Å². The second-order valence-electron chi connectivity index (χ2n) is 1.65. The number of carbonyl (C=O) groups excluding carboxylic acids is 1. The molecule has 0 rings (SSSR count). The fourth-order valence-corrected chi connectivity index (χ4v) is 0.324. The normalized spacial score (nSPS) is 12.8. The summed E-state index contributed by atoms with van der Waals surface area (Å²) >= 11 is 0. The Morgan fingerprint density at radius 3 is 2.62 bits per heavy atom. The maximum Gasteiger partial charge on any atom is 0.158 e. The number of Topliss-reactive ketones (excluding diaryl/α,β-unsaturated/α-hetero) is 1. The van der Waals surface area contributed by atoms with Crippen LogP contribution < -0.4 is 0 Å². The molecule has 0 amide bonds. The first-order valence-electron chi connectivity index (χ1n) is 2.48. The van der Waals surface area contributed by atoms with Crippen molar-refractivity contribution in [3.63, 3.8) is 0 Å². The van der Waals surface area contributed by atoms with Gasteiger partial charge < -0.3 is 5.11 Å². The van der Waals surface area contributed by atoms with Gasteiger partial charge in [-0.05, 0) is 13.3 Å². The second kappa shape index (κ2) is 3.38. The molecular formula is C6H10O2. The summed E-state index contributed by atoms with van der Waals surface area (Å²) in [5.41, 5.74) is 0. The number of hydrogen-bond donors (Lipinski definition) is 1. The molecule has 0 radical (unpaired) electrons. The van der Waals surface area contributed by atoms with Crippen LogP contribution in [0.4, 0.5) is 0 Å². The SMILES string of the molecule is C=CCC(O)C(C)=O. The van der Waals surface area contributed by atoms with Crippen LogP contribution >= 0.6 is 0 Å². The number of hydrogen-bond acceptors (Lipinski definition) is 2. The van der Waals surface area contributed by atoms with E-state index in [0.717, 1.165) is 0 Å². The quantitative estimate of drug-likeness (QED) is 0.543. The Labute approximate surface area is 48.8 Å². The molecule has 0 aliphatic heterocycles. The molecule has 0 saturated heterocycles. The highest BCUT2D eigenvalue weighted by molar-refractivity contribution is 5.80. The predicted octanol–water partition coefficient (Wildman–Crippen LogP) is 0.512. The van der Waals surface area contributed by atoms with E-state index < -0.39 is 6.10 Å². The van der Waals surface area contributed by atoms with Gasteiger partial charge in [-0.1, -0.05) is 6.08 Å². The van der Waals surface area contributed by atoms with Gasteiger partial charge in [0.15, 0.2) is 5.78 Å². The Balaban J connectivity index is 3.46. The average Bonchev–Trinajstić information content (AvgIpc) is 1.67. The van der Waals surface area contributed by atoms with Gasteiger partial charge in [0.1, 0.15) is 6.10 Å². The van der Waals surface area contributed by atoms with Crippen molar-refractivity contribution in [1.82, 2.24) is 0 Å². The molecule has 0 saturated carbocycles. The molecule has 0 aliphatic carbocycles. The van der Waals surface area contributed by atoms with E-state index in [0.29, 0.717) is 6.42 Å². The third-order valence-electron chi connectivity index (χ3n) is 0.859. The van der Waals surface area contributed by atoms with Crippen molar-refractivity contribution in [2.24, 2.45) is 0 Å². The first-order chi connectivity index (χ1) is 3.68. The molecule has 0 aromatic rings. The lowest BCUT2D eigenvalue weighted by Crippen LogP contribution is -2.14. The second-order valence-corrected chi connectivity index (χ2v) is 1.65. The van der Waals surface area contributed by atoms with Crippen molar-refractivity contribution in [3.05, 3.63) is 12.7 Å². The molecular weight excluding hydrogens is 104 g/mol. The molecule has 8 heavy (non-hydrogen) atoms. The Hall–Kier alpha value is -0.630. The zero-order valence-corrected chi connectivity index (χ0v) is 4.92. The van der Waals surface area contributed by atoms with Crippen molar-refractivity contribution in [2.45, 2.75) is 19.4 Å². The molecule has 1 N–H and O–H groups in total. The minimum Gasteiger partial charge on any atom is -0.385 e. The molecule has 0 spiro atoms. The van der Waals surface area contributed by atoms with Crippen molar-refractivity contribution >= 4 is 5.78 Å². The number of rotatable bonds is 3. The fraction of sp³-hybridized carbons (Fsp3) is 0.500. The maximum absolute atomic E-state index is 10.2. The molecule has 2 heteroatoms. The molecule has 1 atom stereocenters. The molecule has 0 heterocycles. The smallest absolute Gasteiger partial charge is 0.158 e. The van der Waals surface area contributed by atoms with E-state index in [4.69, 9.17) is 5.11 Å². The van der Waals surface area contributed by atoms with Gasteiger partial charge in [0, 0.05) is 0 Å². The van der Waals surface area contributed by atoms with Crippen LogP contribution in [0, 0.1) is 0 Å². The van der Waals surface area contributed by atoms with Gasteiger partial charge in [0.05, 0.1) is 0 Å². The summed E-state index contributed by atoms with van der Waals surface area (Å²) in [6.45, 7) is 4.73. The van der Waals surface area contributed by atoms with E-state index in [2.05, 4.69) is 6.58 Å². The van der Waals surface area contributed by atoms with Crippen LogP contribution in [0.5, 0.6) is 0 Å². The summed E-state index contributed by atoms with van der Waals surface area (Å²) in [5, 5.41) is 8.71. The third-order valence-corrected chi connectivity index (χ3v) is 0.859. The largest absolute Gasteiger partial charge is 0.385 e. The predicted molar refractivity (Wildman–Crippen MR) is 31.5 cm³/mol. The topological polar surface area (TPSA) is 37.3 Å². The van der Waals surface area contributed by atoms with E-state index in [1.54, 1.807) is 0 Å². The molecule has 46 valence electrons. The van der Waals surface area contributed by atoms with Crippen molar-refractivity contribution < 1.29 is 9.90 Å². The van der Waals surface area contributed by atoms with Gasteiger partial charge in [-0.25, -0.2) is 0 Å². The van der Waals surface area contributed by atoms with Gasteiger partial charge in [0.25, 0.3) is 0 Å². The van der Waals surface area contributed by atoms with E-state index in [9.17, 15) is 4.79 Å². The molecule has 0 fully saturated rings. The Bertz CT molecular complexity index is 96.7. The van der Waals surface area contributed by atoms with Crippen LogP contribution in [0.2, 0.25) is 0 Å². The molecule has 0 aliphatic rings. The van der Waals surface area contributed by atoms with Crippen LogP contribution in [-0.4, -0.2) is 17.0 Å². The van der Waals surface area contributed by atoms with Crippen LogP contribution in [0.15, 0.2) is 12.7 Å². The Morgan fingerprint density at radius 2 is 2.50 bits per heavy atom. The van der Waals surface area contributed by atoms with E-state index >= 15 is 0 Å². The van der Waals surface area contributed by atoms with Crippen LogP contribution in [-0.2, 0) is 4.79 Å². The highest BCUT2D eigenvalue weighted by Gasteiger charge is 2.04. The summed E-state index contributed by atoms with van der Waals surface area (Å²) in [6.07, 6.45) is 1.04. The standard InChI is InChI=1S/C6H10O2/c1-3-4-6(8)5(2)7/h3,6,8H,1,4H2,2H3. The third kappa shape index (κ3) is 2.53. The van der Waals surface area contributed by atoms with Gasteiger partial charge in [-0.2, -0.15) is 0 Å². The summed E-state index contributed by atoms with van der Waals surface area (Å²) in [7, 11) is 0. The Morgan fingerprint density at radius 1 is 2.00 bits per heavy atom. The molecule has 0 aromatic carbocycles. The molecule has 0 aromatic heterocycles. The average molecular weight is 114 g/mol. The lowest BCUT2D eigenvalue weighted by molar-refractivity contribution is -0.124. The zero-order valence-electron chi connectivity index (χ0n) is 4.92. The van der Waals surface area contributed by atoms with Gasteiger partial charge in [0.2, 0.25) is 0 Å². The fourth-order valence-electron chi connectivity index (χ4n) is 0.324. The number of aliphatic hydroxyl groups excluding tert-OH is 1. The van der Waals surface area contributed by atoms with Crippen molar-refractivity contribution in [1.29, 1.82) is 0 Å². The van der Waals surface area contributed by atoms with Crippen LogP contribution in [0.1, 0.15) is 13.3 Å². The highest BCUT2D eigenvalue weighted by Crippen LogP contribution is 1.91. The minimum absolute atomic E-state index is 0.204. The summed E-state index contributed by atoms with van der Waals surface area (Å²) in [5.74, 6) is -0.204. The number of aliphatic hydroxyl groups is 1. The maximum atomic E-state index is 10.2. The van der Waals surface area contributed by atoms with E-state index in [1.165, 1.54) is 13.0 Å². The monoisotopic (exact) mass is 114 g/mol. The number of ketones is 1. The zero-order chi connectivity index (χ0) is 6.57. The summed E-state index contributed by atoms with van der Waals surface area (Å²) < 4.78 is 0. The molecule has 0 bridgehead atoms. The Kier molecular flexibility index (Phi) is 3.12. The first-order valence-corrected chi connectivity index (χ1v) is 2.48. The lowest BCUT2D eigenvalue weighted by atomic mass is 10.2.